The minimum Gasteiger partial charge on any atom is -0.384 e. The number of fused-ring (bicyclic) bond motifs is 1. The van der Waals surface area contributed by atoms with E-state index in [2.05, 4.69) is 10.0 Å². The third-order valence-electron chi connectivity index (χ3n) is 3.21. The van der Waals surface area contributed by atoms with Gasteiger partial charge in [0.15, 0.2) is 0 Å². The van der Waals surface area contributed by atoms with Crippen molar-refractivity contribution in [2.75, 3.05) is 16.6 Å². The molecule has 21 heavy (non-hydrogen) atoms. The largest absolute Gasteiger partial charge is 0.384 e. The van der Waals surface area contributed by atoms with E-state index in [9.17, 15) is 17.2 Å². The highest BCUT2D eigenvalue weighted by Crippen LogP contribution is 2.26. The van der Waals surface area contributed by atoms with Crippen LogP contribution >= 0.6 is 0 Å². The smallest absolute Gasteiger partial charge is 0.261 e. The maximum atomic E-state index is 13.1. The fraction of sp³-hybridized carbons (Fsp3) is 0.143. The van der Waals surface area contributed by atoms with Crippen LogP contribution < -0.4 is 10.0 Å². The molecule has 0 saturated carbocycles. The minimum atomic E-state index is -3.88. The second kappa shape index (κ2) is 5.00. The molecular weight excluding hydrogens is 298 g/mol. The zero-order chi connectivity index (χ0) is 15.0. The van der Waals surface area contributed by atoms with E-state index in [1.165, 1.54) is 6.07 Å². The maximum Gasteiger partial charge on any atom is 0.261 e. The molecular formula is C14H12F2N2O2S. The highest BCUT2D eigenvalue weighted by molar-refractivity contribution is 7.92. The Morgan fingerprint density at radius 3 is 2.48 bits per heavy atom. The van der Waals surface area contributed by atoms with Gasteiger partial charge in [0.1, 0.15) is 11.6 Å². The van der Waals surface area contributed by atoms with Crippen LogP contribution in [0.15, 0.2) is 41.3 Å². The van der Waals surface area contributed by atoms with Crippen LogP contribution in [0.3, 0.4) is 0 Å². The van der Waals surface area contributed by atoms with E-state index >= 15 is 0 Å². The van der Waals surface area contributed by atoms with Gasteiger partial charge in [0.2, 0.25) is 0 Å². The Morgan fingerprint density at radius 2 is 1.76 bits per heavy atom. The van der Waals surface area contributed by atoms with Crippen LogP contribution in [-0.2, 0) is 16.4 Å². The van der Waals surface area contributed by atoms with Crippen LogP contribution in [0.1, 0.15) is 5.56 Å². The van der Waals surface area contributed by atoms with Gasteiger partial charge in [-0.2, -0.15) is 0 Å². The number of rotatable bonds is 3. The fourth-order valence-corrected chi connectivity index (χ4v) is 3.37. The molecule has 0 amide bonds. The van der Waals surface area contributed by atoms with E-state index in [-0.39, 0.29) is 10.6 Å². The standard InChI is InChI=1S/C14H12F2N2O2S/c15-10-6-11(16)8-12(7-10)18-21(19,20)13-1-2-14-9(5-13)3-4-17-14/h1-2,5-8,17-18H,3-4H2. The zero-order valence-electron chi connectivity index (χ0n) is 10.9. The van der Waals surface area contributed by atoms with Crippen molar-refractivity contribution < 1.29 is 17.2 Å². The lowest BCUT2D eigenvalue weighted by molar-refractivity contribution is 0.584. The van der Waals surface area contributed by atoms with Gasteiger partial charge in [-0.05, 0) is 42.3 Å². The van der Waals surface area contributed by atoms with Crippen molar-refractivity contribution in [2.24, 2.45) is 0 Å². The normalized spacial score (nSPS) is 13.6. The first-order valence-corrected chi connectivity index (χ1v) is 7.78. The molecule has 2 aromatic rings. The van der Waals surface area contributed by atoms with Gasteiger partial charge >= 0.3 is 0 Å². The summed E-state index contributed by atoms with van der Waals surface area (Å²) in [6.07, 6.45) is 0.743. The van der Waals surface area contributed by atoms with Crippen LogP contribution in [0.2, 0.25) is 0 Å². The van der Waals surface area contributed by atoms with Crippen LogP contribution in [0.25, 0.3) is 0 Å². The minimum absolute atomic E-state index is 0.0645. The second-order valence-corrected chi connectivity index (χ2v) is 6.44. The molecule has 2 N–H and O–H groups in total. The summed E-state index contributed by atoms with van der Waals surface area (Å²) in [5.74, 6) is -1.68. The van der Waals surface area contributed by atoms with Crippen molar-refractivity contribution in [1.82, 2.24) is 0 Å². The number of hydrogen-bond donors (Lipinski definition) is 2. The first kappa shape index (κ1) is 13.8. The number of benzene rings is 2. The Balaban J connectivity index is 1.93. The van der Waals surface area contributed by atoms with Crippen molar-refractivity contribution in [3.63, 3.8) is 0 Å². The maximum absolute atomic E-state index is 13.1. The molecule has 0 unspecified atom stereocenters. The molecule has 2 aromatic carbocycles. The van der Waals surface area contributed by atoms with Gasteiger partial charge in [0.05, 0.1) is 10.6 Å². The molecule has 1 heterocycles. The van der Waals surface area contributed by atoms with Crippen molar-refractivity contribution in [2.45, 2.75) is 11.3 Å². The molecule has 7 heteroatoms. The molecule has 0 radical (unpaired) electrons. The average molecular weight is 310 g/mol. The third-order valence-corrected chi connectivity index (χ3v) is 4.59. The van der Waals surface area contributed by atoms with Crippen LogP contribution in [0.5, 0.6) is 0 Å². The Morgan fingerprint density at radius 1 is 1.05 bits per heavy atom. The predicted molar refractivity (Wildman–Crippen MR) is 75.8 cm³/mol. The number of sulfonamides is 1. The molecule has 3 rings (SSSR count). The summed E-state index contributed by atoms with van der Waals surface area (Å²) in [6, 6.07) is 7.23. The van der Waals surface area contributed by atoms with Gasteiger partial charge in [-0.25, -0.2) is 17.2 Å². The van der Waals surface area contributed by atoms with E-state index in [1.807, 2.05) is 0 Å². The fourth-order valence-electron chi connectivity index (χ4n) is 2.28. The molecule has 4 nitrogen and oxygen atoms in total. The molecule has 0 saturated heterocycles. The van der Waals surface area contributed by atoms with Crippen molar-refractivity contribution in [1.29, 1.82) is 0 Å². The number of nitrogens with one attached hydrogen (secondary N) is 2. The third kappa shape index (κ3) is 2.82. The first-order valence-electron chi connectivity index (χ1n) is 6.30. The second-order valence-electron chi connectivity index (χ2n) is 4.76. The SMILES string of the molecule is O=S(=O)(Nc1cc(F)cc(F)c1)c1ccc2c(c1)CCN2. The van der Waals surface area contributed by atoms with E-state index in [0.29, 0.717) is 6.07 Å². The summed E-state index contributed by atoms with van der Waals surface area (Å²) >= 11 is 0. The highest BCUT2D eigenvalue weighted by Gasteiger charge is 2.18. The lowest BCUT2D eigenvalue weighted by Crippen LogP contribution is -2.13. The van der Waals surface area contributed by atoms with Gasteiger partial charge in [0.25, 0.3) is 10.0 Å². The summed E-state index contributed by atoms with van der Waals surface area (Å²) < 4.78 is 52.9. The summed E-state index contributed by atoms with van der Waals surface area (Å²) in [5, 5.41) is 3.13. The average Bonchev–Trinajstić information content (AvgIpc) is 2.83. The topological polar surface area (TPSA) is 58.2 Å². The Kier molecular flexibility index (Phi) is 3.29. The molecule has 110 valence electrons. The number of anilines is 2. The molecule has 0 bridgehead atoms. The molecule has 0 spiro atoms. The molecule has 1 aliphatic rings. The van der Waals surface area contributed by atoms with Crippen LogP contribution in [-0.4, -0.2) is 15.0 Å². The monoisotopic (exact) mass is 310 g/mol. The van der Waals surface area contributed by atoms with Crippen molar-refractivity contribution in [3.8, 4) is 0 Å². The molecule has 0 fully saturated rings. The van der Waals surface area contributed by atoms with Crippen molar-refractivity contribution in [3.05, 3.63) is 53.6 Å². The first-order chi connectivity index (χ1) is 9.94. The quantitative estimate of drug-likeness (QED) is 0.916. The predicted octanol–water partition coefficient (Wildman–Crippen LogP) is 2.73. The molecule has 1 aliphatic heterocycles. The summed E-state index contributed by atoms with van der Waals surface area (Å²) in [4.78, 5) is 0.0645. The van der Waals surface area contributed by atoms with E-state index in [0.717, 1.165) is 36.3 Å². The summed E-state index contributed by atoms with van der Waals surface area (Å²) in [5.41, 5.74) is 1.67. The Hall–Kier alpha value is -2.15. The zero-order valence-corrected chi connectivity index (χ0v) is 11.7. The number of hydrogen-bond acceptors (Lipinski definition) is 3. The van der Waals surface area contributed by atoms with Crippen molar-refractivity contribution >= 4 is 21.4 Å². The van der Waals surface area contributed by atoms with Crippen LogP contribution in [0, 0.1) is 11.6 Å². The Labute approximate surface area is 120 Å². The van der Waals surface area contributed by atoms with Gasteiger partial charge in [-0.3, -0.25) is 4.72 Å². The van der Waals surface area contributed by atoms with Crippen LogP contribution in [0.4, 0.5) is 20.2 Å². The lowest BCUT2D eigenvalue weighted by atomic mass is 10.2. The Bertz CT molecular complexity index is 786. The summed E-state index contributed by atoms with van der Waals surface area (Å²) in [6.45, 7) is 0.765. The lowest BCUT2D eigenvalue weighted by Gasteiger charge is -2.09. The van der Waals surface area contributed by atoms with Gasteiger partial charge in [0, 0.05) is 18.3 Å². The highest BCUT2D eigenvalue weighted by atomic mass is 32.2. The van der Waals surface area contributed by atoms with E-state index in [1.54, 1.807) is 12.1 Å². The molecule has 0 aromatic heterocycles. The van der Waals surface area contributed by atoms with Gasteiger partial charge in [-0.15, -0.1) is 0 Å². The number of halogens is 2. The molecule has 0 aliphatic carbocycles. The van der Waals surface area contributed by atoms with Gasteiger partial charge < -0.3 is 5.32 Å². The van der Waals surface area contributed by atoms with E-state index in [4.69, 9.17) is 0 Å². The van der Waals surface area contributed by atoms with Gasteiger partial charge in [-0.1, -0.05) is 0 Å². The summed E-state index contributed by atoms with van der Waals surface area (Å²) in [7, 11) is -3.88. The van der Waals surface area contributed by atoms with E-state index < -0.39 is 21.7 Å². The molecule has 0 atom stereocenters.